The molecule has 1 aliphatic carbocycles. The summed E-state index contributed by atoms with van der Waals surface area (Å²) in [4.78, 5) is 0. The van der Waals surface area contributed by atoms with Crippen LogP contribution in [0, 0.1) is 0 Å². The van der Waals surface area contributed by atoms with Gasteiger partial charge in [-0.15, -0.1) is 0 Å². The molecular formula is C8H14O3. The molecule has 1 saturated carbocycles. The maximum absolute atomic E-state index is 9.43. The predicted octanol–water partition coefficient (Wildman–Crippen LogP) is 0.661. The van der Waals surface area contributed by atoms with Crippen molar-refractivity contribution < 1.29 is 14.6 Å². The molecule has 0 unspecified atom stereocenters. The summed E-state index contributed by atoms with van der Waals surface area (Å²) in [6.45, 7) is 3.77. The number of rotatable bonds is 0. The highest BCUT2D eigenvalue weighted by atomic mass is 16.8. The molecule has 1 heterocycles. The Morgan fingerprint density at radius 2 is 2.00 bits per heavy atom. The molecule has 0 aromatic heterocycles. The highest BCUT2D eigenvalue weighted by molar-refractivity contribution is 4.92. The van der Waals surface area contributed by atoms with Crippen LogP contribution in [-0.2, 0) is 9.47 Å². The van der Waals surface area contributed by atoms with Crippen molar-refractivity contribution in [2.75, 3.05) is 0 Å². The van der Waals surface area contributed by atoms with Gasteiger partial charge in [0.05, 0.1) is 12.2 Å². The van der Waals surface area contributed by atoms with E-state index < -0.39 is 5.79 Å². The Bertz CT molecular complexity index is 167. The van der Waals surface area contributed by atoms with E-state index in [1.807, 2.05) is 13.8 Å². The van der Waals surface area contributed by atoms with E-state index in [2.05, 4.69) is 0 Å². The van der Waals surface area contributed by atoms with Gasteiger partial charge in [-0.1, -0.05) is 0 Å². The second-order valence-corrected chi connectivity index (χ2v) is 3.78. The minimum Gasteiger partial charge on any atom is -0.390 e. The zero-order valence-electron chi connectivity index (χ0n) is 6.91. The lowest BCUT2D eigenvalue weighted by atomic mass is 10.2. The van der Waals surface area contributed by atoms with Crippen molar-refractivity contribution in [2.24, 2.45) is 0 Å². The minimum atomic E-state index is -0.489. The van der Waals surface area contributed by atoms with E-state index >= 15 is 0 Å². The Labute approximate surface area is 66.3 Å². The fraction of sp³-hybridized carbons (Fsp3) is 1.00. The Hall–Kier alpha value is -0.120. The molecule has 3 nitrogen and oxygen atoms in total. The van der Waals surface area contributed by atoms with Gasteiger partial charge in [-0.25, -0.2) is 0 Å². The molecule has 3 atom stereocenters. The van der Waals surface area contributed by atoms with Gasteiger partial charge in [0.2, 0.25) is 0 Å². The molecule has 2 aliphatic rings. The van der Waals surface area contributed by atoms with Gasteiger partial charge in [0.1, 0.15) is 6.10 Å². The quantitative estimate of drug-likeness (QED) is 0.563. The number of fused-ring (bicyclic) bond motifs is 1. The van der Waals surface area contributed by atoms with Crippen molar-refractivity contribution in [3.05, 3.63) is 0 Å². The van der Waals surface area contributed by atoms with E-state index in [0.29, 0.717) is 0 Å². The van der Waals surface area contributed by atoms with Crippen LogP contribution in [0.5, 0.6) is 0 Å². The molecule has 1 aliphatic heterocycles. The summed E-state index contributed by atoms with van der Waals surface area (Å²) in [6, 6.07) is 0. The molecule has 0 radical (unpaired) electrons. The molecule has 0 aromatic rings. The summed E-state index contributed by atoms with van der Waals surface area (Å²) in [5.74, 6) is -0.489. The number of ether oxygens (including phenoxy) is 2. The fourth-order valence-electron chi connectivity index (χ4n) is 1.91. The molecule has 3 heteroatoms. The van der Waals surface area contributed by atoms with Crippen molar-refractivity contribution >= 4 is 0 Å². The zero-order valence-corrected chi connectivity index (χ0v) is 6.91. The molecule has 64 valence electrons. The second kappa shape index (κ2) is 2.19. The molecule has 2 rings (SSSR count). The lowest BCUT2D eigenvalue weighted by Crippen LogP contribution is -2.28. The van der Waals surface area contributed by atoms with Crippen molar-refractivity contribution in [3.63, 3.8) is 0 Å². The Balaban J connectivity index is 2.10. The van der Waals surface area contributed by atoms with Crippen LogP contribution in [0.4, 0.5) is 0 Å². The van der Waals surface area contributed by atoms with Crippen LogP contribution in [0.1, 0.15) is 26.7 Å². The molecule has 0 spiro atoms. The van der Waals surface area contributed by atoms with Gasteiger partial charge in [0.15, 0.2) is 5.79 Å². The van der Waals surface area contributed by atoms with E-state index in [-0.39, 0.29) is 18.3 Å². The van der Waals surface area contributed by atoms with Gasteiger partial charge in [-0.05, 0) is 26.7 Å². The Morgan fingerprint density at radius 3 is 2.64 bits per heavy atom. The van der Waals surface area contributed by atoms with Gasteiger partial charge in [0, 0.05) is 0 Å². The SMILES string of the molecule is CC1(C)O[C@@H]2[C@H](O)CC[C@@H]2O1. The third-order valence-electron chi connectivity index (χ3n) is 2.35. The monoisotopic (exact) mass is 158 g/mol. The molecule has 0 aromatic carbocycles. The maximum Gasteiger partial charge on any atom is 0.163 e. The number of aliphatic hydroxyl groups is 1. The number of aliphatic hydroxyl groups excluding tert-OH is 1. The summed E-state index contributed by atoms with van der Waals surface area (Å²) in [5, 5.41) is 9.43. The number of hydrogen-bond donors (Lipinski definition) is 1. The average molecular weight is 158 g/mol. The summed E-state index contributed by atoms with van der Waals surface area (Å²) in [7, 11) is 0. The third kappa shape index (κ3) is 1.17. The highest BCUT2D eigenvalue weighted by Gasteiger charge is 2.48. The maximum atomic E-state index is 9.43. The van der Waals surface area contributed by atoms with Crippen LogP contribution in [0.3, 0.4) is 0 Å². The first-order valence-corrected chi connectivity index (χ1v) is 4.12. The summed E-state index contributed by atoms with van der Waals surface area (Å²) >= 11 is 0. The van der Waals surface area contributed by atoms with Gasteiger partial charge >= 0.3 is 0 Å². The van der Waals surface area contributed by atoms with Crippen LogP contribution in [0.25, 0.3) is 0 Å². The van der Waals surface area contributed by atoms with E-state index in [4.69, 9.17) is 9.47 Å². The van der Waals surface area contributed by atoms with Crippen LogP contribution in [-0.4, -0.2) is 29.2 Å². The first-order valence-electron chi connectivity index (χ1n) is 4.12. The molecule has 0 bridgehead atoms. The van der Waals surface area contributed by atoms with Crippen LogP contribution in [0.2, 0.25) is 0 Å². The van der Waals surface area contributed by atoms with E-state index in [1.165, 1.54) is 0 Å². The second-order valence-electron chi connectivity index (χ2n) is 3.78. The van der Waals surface area contributed by atoms with Crippen LogP contribution in [0.15, 0.2) is 0 Å². The summed E-state index contributed by atoms with van der Waals surface area (Å²) in [6.07, 6.45) is 1.47. The molecule has 0 amide bonds. The van der Waals surface area contributed by atoms with Crippen molar-refractivity contribution in [1.82, 2.24) is 0 Å². The van der Waals surface area contributed by atoms with Gasteiger partial charge in [-0.2, -0.15) is 0 Å². The van der Waals surface area contributed by atoms with E-state index in [0.717, 1.165) is 12.8 Å². The molecule has 11 heavy (non-hydrogen) atoms. The van der Waals surface area contributed by atoms with Gasteiger partial charge < -0.3 is 14.6 Å². The Morgan fingerprint density at radius 1 is 1.27 bits per heavy atom. The minimum absolute atomic E-state index is 0.0787. The van der Waals surface area contributed by atoms with Gasteiger partial charge in [0.25, 0.3) is 0 Å². The standard InChI is InChI=1S/C8H14O3/c1-8(2)10-6-4-3-5(9)7(6)11-8/h5-7,9H,3-4H2,1-2H3/t5-,6+,7-/m1/s1. The lowest BCUT2D eigenvalue weighted by Gasteiger charge is -2.19. The van der Waals surface area contributed by atoms with Gasteiger partial charge in [-0.3, -0.25) is 0 Å². The molecule has 2 fully saturated rings. The average Bonchev–Trinajstić information content (AvgIpc) is 2.31. The fourth-order valence-corrected chi connectivity index (χ4v) is 1.91. The van der Waals surface area contributed by atoms with E-state index in [9.17, 15) is 5.11 Å². The van der Waals surface area contributed by atoms with Crippen molar-refractivity contribution in [2.45, 2.75) is 50.8 Å². The predicted molar refractivity (Wildman–Crippen MR) is 39.1 cm³/mol. The topological polar surface area (TPSA) is 38.7 Å². The molecule has 1 saturated heterocycles. The highest BCUT2D eigenvalue weighted by Crippen LogP contribution is 2.37. The largest absolute Gasteiger partial charge is 0.390 e. The third-order valence-corrected chi connectivity index (χ3v) is 2.35. The smallest absolute Gasteiger partial charge is 0.163 e. The lowest BCUT2D eigenvalue weighted by molar-refractivity contribution is -0.161. The summed E-state index contributed by atoms with van der Waals surface area (Å²) in [5.41, 5.74) is 0. The van der Waals surface area contributed by atoms with Crippen LogP contribution < -0.4 is 0 Å². The van der Waals surface area contributed by atoms with Crippen LogP contribution >= 0.6 is 0 Å². The zero-order chi connectivity index (χ0) is 8.06. The Kier molecular flexibility index (Phi) is 1.50. The van der Waals surface area contributed by atoms with Crippen molar-refractivity contribution in [3.8, 4) is 0 Å². The normalized spacial score (nSPS) is 47.7. The first kappa shape index (κ1) is 7.53. The summed E-state index contributed by atoms with van der Waals surface area (Å²) < 4.78 is 11.1. The molecule has 1 N–H and O–H groups in total. The first-order chi connectivity index (χ1) is 5.08. The van der Waals surface area contributed by atoms with E-state index in [1.54, 1.807) is 0 Å². The molecular weight excluding hydrogens is 144 g/mol. The number of hydrogen-bond acceptors (Lipinski definition) is 3. The van der Waals surface area contributed by atoms with Crippen molar-refractivity contribution in [1.29, 1.82) is 0 Å².